The number of benzene rings is 2. The Morgan fingerprint density at radius 3 is 2.79 bits per heavy atom. The summed E-state index contributed by atoms with van der Waals surface area (Å²) in [4.78, 5) is 15.0. The molecule has 28 heavy (non-hydrogen) atoms. The lowest BCUT2D eigenvalue weighted by Gasteiger charge is -2.36. The molecule has 1 amide bonds. The Hall–Kier alpha value is -2.38. The highest BCUT2D eigenvalue weighted by atomic mass is 35.5. The number of rotatable bonds is 2. The van der Waals surface area contributed by atoms with Gasteiger partial charge in [-0.3, -0.25) is 4.79 Å². The van der Waals surface area contributed by atoms with Gasteiger partial charge in [0.05, 0.1) is 10.7 Å². The molecule has 0 bridgehead atoms. The van der Waals surface area contributed by atoms with Crippen molar-refractivity contribution >= 4 is 39.1 Å². The highest BCUT2D eigenvalue weighted by Crippen LogP contribution is 2.31. The summed E-state index contributed by atoms with van der Waals surface area (Å²) in [5, 5.41) is 3.36. The van der Waals surface area contributed by atoms with Gasteiger partial charge in [0.1, 0.15) is 10.9 Å². The molecule has 1 atom stereocenters. The lowest BCUT2D eigenvalue weighted by atomic mass is 9.99. The van der Waals surface area contributed by atoms with Crippen LogP contribution in [-0.2, 0) is 14.8 Å². The molecule has 8 heteroatoms. The van der Waals surface area contributed by atoms with E-state index in [4.69, 9.17) is 11.6 Å². The van der Waals surface area contributed by atoms with Crippen LogP contribution in [0.3, 0.4) is 0 Å². The number of carbonyl (C=O) groups excluding carboxylic acids is 1. The highest BCUT2D eigenvalue weighted by molar-refractivity contribution is 7.90. The van der Waals surface area contributed by atoms with Crippen molar-refractivity contribution in [2.75, 3.05) is 11.9 Å². The van der Waals surface area contributed by atoms with Crippen molar-refractivity contribution < 1.29 is 13.2 Å². The molecule has 1 saturated heterocycles. The molecule has 2 aromatic carbocycles. The zero-order chi connectivity index (χ0) is 19.9. The first-order valence-electron chi connectivity index (χ1n) is 9.15. The SMILES string of the molecule is Cc1ccc(NC(=O)[C@H]2CCCCN2C2=NS(=O)(=O)c3ccccc32)c(Cl)c1. The van der Waals surface area contributed by atoms with Gasteiger partial charge in [0.2, 0.25) is 5.91 Å². The Morgan fingerprint density at radius 1 is 1.21 bits per heavy atom. The van der Waals surface area contributed by atoms with Crippen LogP contribution in [0, 0.1) is 6.92 Å². The molecule has 2 aliphatic heterocycles. The fourth-order valence-corrected chi connectivity index (χ4v) is 5.19. The number of hydrogen-bond donors (Lipinski definition) is 1. The number of nitrogens with one attached hydrogen (secondary N) is 1. The average Bonchev–Trinajstić information content (AvgIpc) is 2.95. The van der Waals surface area contributed by atoms with Crippen LogP contribution in [0.15, 0.2) is 51.8 Å². The maximum Gasteiger partial charge on any atom is 0.285 e. The summed E-state index contributed by atoms with van der Waals surface area (Å²) < 4.78 is 28.8. The number of likely N-dealkylation sites (tertiary alicyclic amines) is 1. The van der Waals surface area contributed by atoms with Crippen molar-refractivity contribution in [3.05, 3.63) is 58.6 Å². The Bertz CT molecular complexity index is 1080. The summed E-state index contributed by atoms with van der Waals surface area (Å²) in [6.45, 7) is 2.50. The Kier molecular flexibility index (Phi) is 4.89. The number of aryl methyl sites for hydroxylation is 1. The third-order valence-electron chi connectivity index (χ3n) is 5.07. The lowest BCUT2D eigenvalue weighted by Crippen LogP contribution is -2.50. The Labute approximate surface area is 169 Å². The summed E-state index contributed by atoms with van der Waals surface area (Å²) in [6, 6.07) is 11.7. The molecule has 146 valence electrons. The lowest BCUT2D eigenvalue weighted by molar-refractivity contribution is -0.120. The number of hydrogen-bond acceptors (Lipinski definition) is 4. The summed E-state index contributed by atoms with van der Waals surface area (Å²) in [5.41, 5.74) is 2.10. The van der Waals surface area contributed by atoms with Gasteiger partial charge in [0, 0.05) is 12.1 Å². The topological polar surface area (TPSA) is 78.8 Å². The Balaban J connectivity index is 1.65. The van der Waals surface area contributed by atoms with E-state index in [1.54, 1.807) is 36.4 Å². The van der Waals surface area contributed by atoms with E-state index >= 15 is 0 Å². The van der Waals surface area contributed by atoms with Crippen molar-refractivity contribution in [1.29, 1.82) is 0 Å². The third kappa shape index (κ3) is 3.40. The number of anilines is 1. The summed E-state index contributed by atoms with van der Waals surface area (Å²) >= 11 is 6.25. The largest absolute Gasteiger partial charge is 0.343 e. The molecule has 0 radical (unpaired) electrons. The van der Waals surface area contributed by atoms with Gasteiger partial charge in [-0.05, 0) is 56.0 Å². The minimum absolute atomic E-state index is 0.191. The normalized spacial score (nSPS) is 20.4. The molecule has 0 aromatic heterocycles. The van der Waals surface area contributed by atoms with E-state index < -0.39 is 16.1 Å². The van der Waals surface area contributed by atoms with Gasteiger partial charge in [-0.15, -0.1) is 4.40 Å². The molecule has 2 aromatic rings. The molecule has 1 N–H and O–H groups in total. The molecule has 2 aliphatic rings. The van der Waals surface area contributed by atoms with Gasteiger partial charge in [0.25, 0.3) is 10.0 Å². The number of halogens is 1. The van der Waals surface area contributed by atoms with Crippen LogP contribution in [0.1, 0.15) is 30.4 Å². The van der Waals surface area contributed by atoms with Gasteiger partial charge in [-0.2, -0.15) is 8.42 Å². The van der Waals surface area contributed by atoms with Crippen molar-refractivity contribution in [3.8, 4) is 0 Å². The maximum absolute atomic E-state index is 13.0. The van der Waals surface area contributed by atoms with Gasteiger partial charge in [-0.1, -0.05) is 29.8 Å². The number of nitrogens with zero attached hydrogens (tertiary/aromatic N) is 2. The van der Waals surface area contributed by atoms with Crippen molar-refractivity contribution in [1.82, 2.24) is 4.90 Å². The molecule has 0 aliphatic carbocycles. The first-order valence-corrected chi connectivity index (χ1v) is 11.0. The minimum Gasteiger partial charge on any atom is -0.343 e. The standard InChI is InChI=1S/C20H20ClN3O3S/c1-13-9-10-16(15(21)12-13)22-20(25)17-7-4-5-11-24(17)19-14-6-2-3-8-18(14)28(26,27)23-19/h2-3,6,8-10,12,17H,4-5,7,11H2,1H3,(H,22,25)/t17-/m1/s1. The van der Waals surface area contributed by atoms with Crippen LogP contribution in [-0.4, -0.2) is 37.6 Å². The first-order chi connectivity index (χ1) is 13.4. The quantitative estimate of drug-likeness (QED) is 0.809. The van der Waals surface area contributed by atoms with Gasteiger partial charge >= 0.3 is 0 Å². The van der Waals surface area contributed by atoms with Crippen molar-refractivity contribution in [2.24, 2.45) is 4.40 Å². The summed E-state index contributed by atoms with van der Waals surface area (Å²) in [7, 11) is -3.73. The average molecular weight is 418 g/mol. The van der Waals surface area contributed by atoms with Gasteiger partial charge < -0.3 is 10.2 Å². The van der Waals surface area contributed by atoms with E-state index in [1.807, 2.05) is 17.9 Å². The van der Waals surface area contributed by atoms with E-state index in [0.717, 1.165) is 18.4 Å². The maximum atomic E-state index is 13.0. The zero-order valence-corrected chi connectivity index (χ0v) is 16.9. The number of amides is 1. The second kappa shape index (κ2) is 7.22. The van der Waals surface area contributed by atoms with E-state index in [1.165, 1.54) is 0 Å². The molecule has 4 rings (SSSR count). The molecular weight excluding hydrogens is 398 g/mol. The summed E-state index contributed by atoms with van der Waals surface area (Å²) in [6.07, 6.45) is 2.38. The van der Waals surface area contributed by atoms with E-state index in [0.29, 0.717) is 35.1 Å². The predicted octanol–water partition coefficient (Wildman–Crippen LogP) is 3.59. The number of fused-ring (bicyclic) bond motifs is 1. The fraction of sp³-hybridized carbons (Fsp3) is 0.300. The molecule has 6 nitrogen and oxygen atoms in total. The van der Waals surface area contributed by atoms with Crippen LogP contribution >= 0.6 is 11.6 Å². The molecule has 1 fully saturated rings. The molecule has 0 saturated carbocycles. The minimum atomic E-state index is -3.73. The monoisotopic (exact) mass is 417 g/mol. The van der Waals surface area contributed by atoms with Crippen LogP contribution in [0.25, 0.3) is 0 Å². The fourth-order valence-electron chi connectivity index (χ4n) is 3.69. The van der Waals surface area contributed by atoms with E-state index in [-0.39, 0.29) is 10.8 Å². The molecule has 0 spiro atoms. The summed E-state index contributed by atoms with van der Waals surface area (Å²) in [5.74, 6) is 0.139. The van der Waals surface area contributed by atoms with Crippen LogP contribution in [0.4, 0.5) is 5.69 Å². The third-order valence-corrected chi connectivity index (χ3v) is 6.71. The van der Waals surface area contributed by atoms with Crippen molar-refractivity contribution in [2.45, 2.75) is 37.1 Å². The predicted molar refractivity (Wildman–Crippen MR) is 109 cm³/mol. The molecular formula is C20H20ClN3O3S. The molecule has 2 heterocycles. The van der Waals surface area contributed by atoms with E-state index in [2.05, 4.69) is 9.71 Å². The second-order valence-corrected chi connectivity index (χ2v) is 9.04. The zero-order valence-electron chi connectivity index (χ0n) is 15.4. The van der Waals surface area contributed by atoms with Crippen LogP contribution < -0.4 is 5.32 Å². The van der Waals surface area contributed by atoms with E-state index in [9.17, 15) is 13.2 Å². The van der Waals surface area contributed by atoms with Gasteiger partial charge in [0.15, 0.2) is 5.84 Å². The Morgan fingerprint density at radius 2 is 2.00 bits per heavy atom. The van der Waals surface area contributed by atoms with Crippen LogP contribution in [0.2, 0.25) is 5.02 Å². The molecule has 0 unspecified atom stereocenters. The highest BCUT2D eigenvalue weighted by Gasteiger charge is 2.38. The van der Waals surface area contributed by atoms with Gasteiger partial charge in [-0.25, -0.2) is 0 Å². The number of carbonyl (C=O) groups is 1. The number of sulfonamides is 1. The number of piperidine rings is 1. The van der Waals surface area contributed by atoms with Crippen molar-refractivity contribution in [3.63, 3.8) is 0 Å². The number of amidine groups is 1. The van der Waals surface area contributed by atoms with Crippen LogP contribution in [0.5, 0.6) is 0 Å². The smallest absolute Gasteiger partial charge is 0.285 e. The second-order valence-electron chi connectivity index (χ2n) is 7.06. The first kappa shape index (κ1) is 19.0.